The number of nitrogens with one attached hydrogen (secondary N) is 1. The van der Waals surface area contributed by atoms with E-state index in [1.807, 2.05) is 0 Å². The first-order valence-corrected chi connectivity index (χ1v) is 7.71. The first-order valence-electron chi connectivity index (χ1n) is 7.71. The second kappa shape index (κ2) is 7.41. The van der Waals surface area contributed by atoms with Gasteiger partial charge in [-0.05, 0) is 69.2 Å². The molecule has 0 aromatic rings. The fraction of sp³-hybridized carbons (Fsp3) is 1.00. The van der Waals surface area contributed by atoms with Gasteiger partial charge in [0.2, 0.25) is 0 Å². The molecule has 1 aliphatic carbocycles. The fourth-order valence-electron chi connectivity index (χ4n) is 3.34. The molecule has 0 spiro atoms. The monoisotopic (exact) mass is 239 g/mol. The normalized spacial score (nSPS) is 27.7. The first kappa shape index (κ1) is 15.0. The molecule has 1 atom stereocenters. The summed E-state index contributed by atoms with van der Waals surface area (Å²) in [6.07, 6.45) is 8.56. The SMILES string of the molecule is CNC(CCC(C)C)C1CCC(C(C)C)CC1. The lowest BCUT2D eigenvalue weighted by atomic mass is 9.73. The van der Waals surface area contributed by atoms with Crippen LogP contribution in [0.3, 0.4) is 0 Å². The zero-order valence-electron chi connectivity index (χ0n) is 12.6. The Kier molecular flexibility index (Phi) is 6.54. The average Bonchev–Trinajstić information content (AvgIpc) is 2.30. The van der Waals surface area contributed by atoms with Gasteiger partial charge in [-0.3, -0.25) is 0 Å². The van der Waals surface area contributed by atoms with Crippen LogP contribution < -0.4 is 5.32 Å². The van der Waals surface area contributed by atoms with E-state index in [2.05, 4.69) is 40.1 Å². The van der Waals surface area contributed by atoms with Crippen molar-refractivity contribution < 1.29 is 0 Å². The van der Waals surface area contributed by atoms with Gasteiger partial charge in [-0.1, -0.05) is 27.7 Å². The minimum absolute atomic E-state index is 0.769. The second-order valence-electron chi connectivity index (χ2n) is 6.79. The Labute approximate surface area is 109 Å². The van der Waals surface area contributed by atoms with Crippen molar-refractivity contribution in [2.75, 3.05) is 7.05 Å². The molecule has 1 aliphatic rings. The molecule has 1 saturated carbocycles. The second-order valence-corrected chi connectivity index (χ2v) is 6.79. The minimum atomic E-state index is 0.769. The first-order chi connectivity index (χ1) is 8.04. The van der Waals surface area contributed by atoms with E-state index in [-0.39, 0.29) is 0 Å². The molecule has 1 rings (SSSR count). The zero-order chi connectivity index (χ0) is 12.8. The molecule has 0 saturated heterocycles. The smallest absolute Gasteiger partial charge is 0.00924 e. The third-order valence-corrected chi connectivity index (χ3v) is 4.75. The highest BCUT2D eigenvalue weighted by Gasteiger charge is 2.27. The highest BCUT2D eigenvalue weighted by Crippen LogP contribution is 2.35. The summed E-state index contributed by atoms with van der Waals surface area (Å²) in [5, 5.41) is 3.57. The number of hydrogen-bond donors (Lipinski definition) is 1. The van der Waals surface area contributed by atoms with Crippen molar-refractivity contribution >= 4 is 0 Å². The van der Waals surface area contributed by atoms with E-state index in [4.69, 9.17) is 0 Å². The Morgan fingerprint density at radius 2 is 1.41 bits per heavy atom. The van der Waals surface area contributed by atoms with E-state index in [9.17, 15) is 0 Å². The van der Waals surface area contributed by atoms with Gasteiger partial charge in [-0.25, -0.2) is 0 Å². The summed E-state index contributed by atoms with van der Waals surface area (Å²) in [5.74, 6) is 3.67. The van der Waals surface area contributed by atoms with Crippen LogP contribution in [0.15, 0.2) is 0 Å². The molecule has 0 aromatic carbocycles. The summed E-state index contributed by atoms with van der Waals surface area (Å²) in [5.41, 5.74) is 0. The van der Waals surface area contributed by atoms with Gasteiger partial charge in [0.05, 0.1) is 0 Å². The number of hydrogen-bond acceptors (Lipinski definition) is 1. The van der Waals surface area contributed by atoms with Gasteiger partial charge >= 0.3 is 0 Å². The van der Waals surface area contributed by atoms with Gasteiger partial charge < -0.3 is 5.32 Å². The van der Waals surface area contributed by atoms with E-state index < -0.39 is 0 Å². The molecule has 0 bridgehead atoms. The summed E-state index contributed by atoms with van der Waals surface area (Å²) < 4.78 is 0. The van der Waals surface area contributed by atoms with Gasteiger partial charge in [0.15, 0.2) is 0 Å². The predicted molar refractivity (Wildman–Crippen MR) is 77.2 cm³/mol. The van der Waals surface area contributed by atoms with Crippen LogP contribution in [0.4, 0.5) is 0 Å². The summed E-state index contributed by atoms with van der Waals surface area (Å²) in [6, 6.07) is 0.769. The van der Waals surface area contributed by atoms with Gasteiger partial charge in [0.25, 0.3) is 0 Å². The van der Waals surface area contributed by atoms with Gasteiger partial charge in [-0.2, -0.15) is 0 Å². The van der Waals surface area contributed by atoms with Gasteiger partial charge in [0.1, 0.15) is 0 Å². The van der Waals surface area contributed by atoms with Crippen molar-refractivity contribution in [1.82, 2.24) is 5.32 Å². The molecule has 0 aliphatic heterocycles. The Bertz CT molecular complexity index is 190. The van der Waals surface area contributed by atoms with Crippen LogP contribution in [-0.4, -0.2) is 13.1 Å². The summed E-state index contributed by atoms with van der Waals surface area (Å²) >= 11 is 0. The summed E-state index contributed by atoms with van der Waals surface area (Å²) in [4.78, 5) is 0. The maximum absolute atomic E-state index is 3.57. The lowest BCUT2D eigenvalue weighted by Crippen LogP contribution is -2.36. The Morgan fingerprint density at radius 3 is 1.82 bits per heavy atom. The van der Waals surface area contributed by atoms with E-state index in [1.54, 1.807) is 0 Å². The summed E-state index contributed by atoms with van der Waals surface area (Å²) in [6.45, 7) is 9.45. The van der Waals surface area contributed by atoms with Crippen LogP contribution in [0.25, 0.3) is 0 Å². The van der Waals surface area contributed by atoms with Crippen molar-refractivity contribution in [2.45, 2.75) is 72.3 Å². The molecule has 1 nitrogen and oxygen atoms in total. The minimum Gasteiger partial charge on any atom is -0.317 e. The third kappa shape index (κ3) is 4.99. The molecular formula is C16H33N. The fourth-order valence-corrected chi connectivity index (χ4v) is 3.34. The van der Waals surface area contributed by atoms with Crippen LogP contribution in [0, 0.1) is 23.7 Å². The average molecular weight is 239 g/mol. The topological polar surface area (TPSA) is 12.0 Å². The molecule has 17 heavy (non-hydrogen) atoms. The molecule has 1 fully saturated rings. The molecule has 0 radical (unpaired) electrons. The van der Waals surface area contributed by atoms with E-state index >= 15 is 0 Å². The van der Waals surface area contributed by atoms with Crippen LogP contribution in [0.1, 0.15) is 66.2 Å². The molecular weight excluding hydrogens is 206 g/mol. The highest BCUT2D eigenvalue weighted by molar-refractivity contribution is 4.82. The number of rotatable bonds is 6. The van der Waals surface area contributed by atoms with E-state index in [0.717, 1.165) is 29.7 Å². The Hall–Kier alpha value is -0.0400. The van der Waals surface area contributed by atoms with Crippen molar-refractivity contribution in [3.05, 3.63) is 0 Å². The largest absolute Gasteiger partial charge is 0.317 e. The van der Waals surface area contributed by atoms with Gasteiger partial charge in [-0.15, -0.1) is 0 Å². The molecule has 102 valence electrons. The highest BCUT2D eigenvalue weighted by atomic mass is 14.9. The lowest BCUT2D eigenvalue weighted by molar-refractivity contribution is 0.184. The van der Waals surface area contributed by atoms with Crippen molar-refractivity contribution in [1.29, 1.82) is 0 Å². The van der Waals surface area contributed by atoms with Crippen LogP contribution in [0.2, 0.25) is 0 Å². The summed E-state index contributed by atoms with van der Waals surface area (Å²) in [7, 11) is 2.15. The Balaban J connectivity index is 2.34. The quantitative estimate of drug-likeness (QED) is 0.721. The van der Waals surface area contributed by atoms with E-state index in [0.29, 0.717) is 0 Å². The molecule has 0 amide bonds. The maximum Gasteiger partial charge on any atom is 0.00924 e. The molecule has 0 heterocycles. The van der Waals surface area contributed by atoms with Crippen molar-refractivity contribution in [2.24, 2.45) is 23.7 Å². The van der Waals surface area contributed by atoms with Crippen molar-refractivity contribution in [3.8, 4) is 0 Å². The molecule has 0 aromatic heterocycles. The molecule has 1 N–H and O–H groups in total. The molecule has 1 unspecified atom stereocenters. The van der Waals surface area contributed by atoms with Gasteiger partial charge in [0, 0.05) is 6.04 Å². The standard InChI is InChI=1S/C16H33N/c1-12(2)6-11-16(17-5)15-9-7-14(8-10-15)13(3)4/h12-17H,6-11H2,1-5H3. The van der Waals surface area contributed by atoms with Crippen molar-refractivity contribution in [3.63, 3.8) is 0 Å². The van der Waals surface area contributed by atoms with Crippen LogP contribution in [0.5, 0.6) is 0 Å². The van der Waals surface area contributed by atoms with E-state index in [1.165, 1.54) is 38.5 Å². The zero-order valence-corrected chi connectivity index (χ0v) is 12.6. The van der Waals surface area contributed by atoms with Crippen LogP contribution >= 0.6 is 0 Å². The van der Waals surface area contributed by atoms with Crippen LogP contribution in [-0.2, 0) is 0 Å². The maximum atomic E-state index is 3.57. The molecule has 1 heteroatoms. The lowest BCUT2D eigenvalue weighted by Gasteiger charge is -2.35. The third-order valence-electron chi connectivity index (χ3n) is 4.75. The predicted octanol–water partition coefficient (Wildman–Crippen LogP) is 4.47. The Morgan fingerprint density at radius 1 is 0.882 bits per heavy atom.